The van der Waals surface area contributed by atoms with Crippen molar-refractivity contribution >= 4 is 17.3 Å². The summed E-state index contributed by atoms with van der Waals surface area (Å²) in [6.45, 7) is 2.80. The lowest BCUT2D eigenvalue weighted by Crippen LogP contribution is -2.30. The largest absolute Gasteiger partial charge is 0.489 e. The number of ether oxygens (including phenoxy) is 1. The van der Waals surface area contributed by atoms with E-state index in [1.807, 2.05) is 41.9 Å². The van der Waals surface area contributed by atoms with Gasteiger partial charge in [0.1, 0.15) is 17.9 Å². The molecule has 1 aliphatic heterocycles. The smallest absolute Gasteiger partial charge is 0.434 e. The lowest BCUT2D eigenvalue weighted by molar-refractivity contribution is -0.143. The number of aromatic nitrogens is 4. The van der Waals surface area contributed by atoms with Crippen molar-refractivity contribution in [2.24, 2.45) is 0 Å². The minimum absolute atomic E-state index is 0.139. The van der Waals surface area contributed by atoms with Crippen LogP contribution in [0.1, 0.15) is 38.4 Å². The average molecular weight is 592 g/mol. The van der Waals surface area contributed by atoms with E-state index in [1.165, 1.54) is 28.5 Å². The van der Waals surface area contributed by atoms with Crippen LogP contribution in [0.3, 0.4) is 0 Å². The van der Waals surface area contributed by atoms with Gasteiger partial charge in [-0.1, -0.05) is 18.2 Å². The van der Waals surface area contributed by atoms with Crippen LogP contribution in [-0.2, 0) is 32.3 Å². The number of halogens is 3. The molecule has 1 N–H and O–H groups in total. The van der Waals surface area contributed by atoms with Gasteiger partial charge in [-0.05, 0) is 65.4 Å². The van der Waals surface area contributed by atoms with Gasteiger partial charge in [0.05, 0.1) is 22.5 Å². The van der Waals surface area contributed by atoms with Gasteiger partial charge in [-0.3, -0.25) is 9.88 Å². The SMILES string of the molecule is O=C(O)c1cnn(-c2cccc(-c3sccc3COc3ccc4c(c3)CCN(Cc3ccccn3)C4)n2)c1C(F)(F)F. The first-order valence-corrected chi connectivity index (χ1v) is 13.9. The summed E-state index contributed by atoms with van der Waals surface area (Å²) in [6.07, 6.45) is -1.55. The third kappa shape index (κ3) is 5.76. The predicted octanol–water partition coefficient (Wildman–Crippen LogP) is 6.25. The highest BCUT2D eigenvalue weighted by Crippen LogP contribution is 2.35. The van der Waals surface area contributed by atoms with Crippen molar-refractivity contribution < 1.29 is 27.8 Å². The van der Waals surface area contributed by atoms with E-state index >= 15 is 0 Å². The molecule has 6 rings (SSSR count). The maximum atomic E-state index is 13.7. The number of fused-ring (bicyclic) bond motifs is 1. The zero-order valence-electron chi connectivity index (χ0n) is 22.1. The van der Waals surface area contributed by atoms with Crippen LogP contribution < -0.4 is 4.74 Å². The van der Waals surface area contributed by atoms with Gasteiger partial charge in [-0.25, -0.2) is 14.5 Å². The molecule has 1 aliphatic rings. The molecule has 0 spiro atoms. The second-order valence-corrected chi connectivity index (χ2v) is 10.7. The zero-order chi connectivity index (χ0) is 29.3. The van der Waals surface area contributed by atoms with Gasteiger partial charge in [0.2, 0.25) is 0 Å². The molecule has 5 heterocycles. The Labute approximate surface area is 242 Å². The first-order chi connectivity index (χ1) is 20.3. The fraction of sp³-hybridized carbons (Fsp3) is 0.200. The van der Waals surface area contributed by atoms with E-state index in [9.17, 15) is 23.1 Å². The first-order valence-electron chi connectivity index (χ1n) is 13.1. The highest BCUT2D eigenvalue weighted by atomic mass is 32.1. The summed E-state index contributed by atoms with van der Waals surface area (Å²) >= 11 is 1.39. The zero-order valence-corrected chi connectivity index (χ0v) is 22.9. The number of aromatic carboxylic acids is 1. The fourth-order valence-electron chi connectivity index (χ4n) is 4.99. The number of pyridine rings is 2. The molecule has 0 unspecified atom stereocenters. The number of carboxylic acid groups (broad SMARTS) is 1. The Bertz CT molecular complexity index is 1740. The second kappa shape index (κ2) is 11.4. The molecule has 12 heteroatoms. The van der Waals surface area contributed by atoms with Crippen LogP contribution in [0.25, 0.3) is 16.4 Å². The molecule has 42 heavy (non-hydrogen) atoms. The van der Waals surface area contributed by atoms with Crippen molar-refractivity contribution in [2.45, 2.75) is 32.3 Å². The standard InChI is InChI=1S/C30H24F3N5O3S/c31-30(32,33)28-24(29(39)40)15-35-38(28)26-6-3-5-25(36-26)27-21(10-13-42-27)18-41-23-8-7-20-16-37(12-9-19(20)14-23)17-22-4-1-2-11-34-22/h1-8,10-11,13-15H,9,12,16-18H2,(H,39,40). The third-order valence-corrected chi connectivity index (χ3v) is 7.95. The summed E-state index contributed by atoms with van der Waals surface area (Å²) in [5.74, 6) is -1.12. The predicted molar refractivity (Wildman–Crippen MR) is 149 cm³/mol. The number of hydrogen-bond donors (Lipinski definition) is 1. The van der Waals surface area contributed by atoms with E-state index in [2.05, 4.69) is 32.1 Å². The highest BCUT2D eigenvalue weighted by Gasteiger charge is 2.41. The minimum Gasteiger partial charge on any atom is -0.489 e. The molecule has 0 saturated carbocycles. The van der Waals surface area contributed by atoms with Crippen LogP contribution in [0.15, 0.2) is 78.4 Å². The van der Waals surface area contributed by atoms with Crippen molar-refractivity contribution in [3.63, 3.8) is 0 Å². The van der Waals surface area contributed by atoms with Gasteiger partial charge in [-0.15, -0.1) is 11.3 Å². The van der Waals surface area contributed by atoms with E-state index in [4.69, 9.17) is 4.74 Å². The van der Waals surface area contributed by atoms with E-state index in [1.54, 1.807) is 12.1 Å². The lowest BCUT2D eigenvalue weighted by Gasteiger charge is -2.28. The molecule has 0 bridgehead atoms. The number of carboxylic acids is 1. The van der Waals surface area contributed by atoms with Gasteiger partial charge in [-0.2, -0.15) is 18.3 Å². The molecular weight excluding hydrogens is 567 g/mol. The van der Waals surface area contributed by atoms with Gasteiger partial charge in [0.15, 0.2) is 11.5 Å². The Balaban J connectivity index is 1.17. The molecule has 0 saturated heterocycles. The number of hydrogen-bond acceptors (Lipinski definition) is 7. The Morgan fingerprint density at radius 3 is 2.74 bits per heavy atom. The number of benzene rings is 1. The maximum absolute atomic E-state index is 13.7. The molecular formula is C30H24F3N5O3S. The summed E-state index contributed by atoms with van der Waals surface area (Å²) in [7, 11) is 0. The molecule has 0 radical (unpaired) electrons. The van der Waals surface area contributed by atoms with E-state index in [0.717, 1.165) is 47.9 Å². The van der Waals surface area contributed by atoms with Crippen LogP contribution >= 0.6 is 11.3 Å². The van der Waals surface area contributed by atoms with Crippen molar-refractivity contribution in [3.8, 4) is 22.1 Å². The monoisotopic (exact) mass is 591 g/mol. The van der Waals surface area contributed by atoms with Crippen LogP contribution in [-0.4, -0.2) is 42.3 Å². The molecule has 0 aliphatic carbocycles. The summed E-state index contributed by atoms with van der Waals surface area (Å²) < 4.78 is 47.8. The third-order valence-electron chi connectivity index (χ3n) is 6.97. The topological polar surface area (TPSA) is 93.4 Å². The van der Waals surface area contributed by atoms with E-state index in [-0.39, 0.29) is 12.4 Å². The fourth-order valence-corrected chi connectivity index (χ4v) is 5.87. The summed E-state index contributed by atoms with van der Waals surface area (Å²) in [5.41, 5.74) is 2.47. The normalized spacial score (nSPS) is 13.6. The van der Waals surface area contributed by atoms with Crippen LogP contribution in [0.5, 0.6) is 5.75 Å². The molecule has 4 aromatic heterocycles. The number of nitrogens with zero attached hydrogens (tertiary/aromatic N) is 5. The molecule has 8 nitrogen and oxygen atoms in total. The number of thiophene rings is 1. The Kier molecular flexibility index (Phi) is 7.48. The maximum Gasteiger partial charge on any atom is 0.434 e. The van der Waals surface area contributed by atoms with Crippen LogP contribution in [0, 0.1) is 0 Å². The first kappa shape index (κ1) is 27.6. The summed E-state index contributed by atoms with van der Waals surface area (Å²) in [6, 6.07) is 18.5. The van der Waals surface area contributed by atoms with Crippen molar-refractivity contribution in [1.29, 1.82) is 0 Å². The van der Waals surface area contributed by atoms with Crippen LogP contribution in [0.4, 0.5) is 13.2 Å². The molecule has 0 atom stereocenters. The lowest BCUT2D eigenvalue weighted by atomic mass is 9.99. The van der Waals surface area contributed by atoms with Gasteiger partial charge >= 0.3 is 12.1 Å². The summed E-state index contributed by atoms with van der Waals surface area (Å²) in [4.78, 5) is 23.3. The van der Waals surface area contributed by atoms with Crippen molar-refractivity contribution in [2.75, 3.05) is 6.54 Å². The number of rotatable bonds is 8. The van der Waals surface area contributed by atoms with Crippen molar-refractivity contribution in [3.05, 3.63) is 112 Å². The summed E-state index contributed by atoms with van der Waals surface area (Å²) in [5, 5.41) is 14.8. The van der Waals surface area contributed by atoms with Gasteiger partial charge in [0, 0.05) is 31.4 Å². The molecule has 0 fully saturated rings. The van der Waals surface area contributed by atoms with Gasteiger partial charge < -0.3 is 9.84 Å². The molecule has 5 aromatic rings. The van der Waals surface area contributed by atoms with Gasteiger partial charge in [0.25, 0.3) is 0 Å². The quantitative estimate of drug-likeness (QED) is 0.228. The van der Waals surface area contributed by atoms with Crippen LogP contribution in [0.2, 0.25) is 0 Å². The molecule has 0 amide bonds. The minimum atomic E-state index is -4.93. The highest BCUT2D eigenvalue weighted by molar-refractivity contribution is 7.13. The van der Waals surface area contributed by atoms with E-state index in [0.29, 0.717) is 16.6 Å². The number of carbonyl (C=O) groups is 1. The average Bonchev–Trinajstić information content (AvgIpc) is 3.65. The second-order valence-electron chi connectivity index (χ2n) is 9.78. The Hall–Kier alpha value is -4.55. The van der Waals surface area contributed by atoms with Crippen molar-refractivity contribution in [1.82, 2.24) is 24.6 Å². The Morgan fingerprint density at radius 2 is 1.95 bits per heavy atom. The molecule has 214 valence electrons. The van der Waals surface area contributed by atoms with E-state index < -0.39 is 23.4 Å². The number of alkyl halides is 3. The Morgan fingerprint density at radius 1 is 1.07 bits per heavy atom. The molecule has 1 aromatic carbocycles.